The molecule has 1 aromatic rings. The highest BCUT2D eigenvalue weighted by Gasteiger charge is 2.11. The number of hydrogen-bond donors (Lipinski definition) is 0. The molecule has 1 heterocycles. The zero-order chi connectivity index (χ0) is 12.3. The van der Waals surface area contributed by atoms with Gasteiger partial charge in [-0.15, -0.1) is 0 Å². The molecule has 1 rings (SSSR count). The number of Topliss-reactive ketones (excluding diaryl/α,β-unsaturated/α-hetero) is 2. The number of ketones is 2. The minimum Gasteiger partial charge on any atom is -0.323 e. The molecule has 0 saturated heterocycles. The van der Waals surface area contributed by atoms with Crippen molar-refractivity contribution in [3.63, 3.8) is 0 Å². The third-order valence-electron chi connectivity index (χ3n) is 2.21. The molecular weight excluding hydrogens is 224 g/mol. The Morgan fingerprint density at radius 2 is 1.94 bits per heavy atom. The van der Waals surface area contributed by atoms with E-state index in [1.807, 2.05) is 17.9 Å². The van der Waals surface area contributed by atoms with Gasteiger partial charge in [0.05, 0.1) is 17.5 Å². The van der Waals surface area contributed by atoms with Crippen LogP contribution in [0.5, 0.6) is 0 Å². The van der Waals surface area contributed by atoms with E-state index in [4.69, 9.17) is 0 Å². The van der Waals surface area contributed by atoms with Crippen LogP contribution in [0.1, 0.15) is 19.5 Å². The van der Waals surface area contributed by atoms with Gasteiger partial charge in [0.1, 0.15) is 0 Å². The maximum Gasteiger partial charge on any atom is 0.167 e. The van der Waals surface area contributed by atoms with Crippen molar-refractivity contribution in [3.8, 4) is 0 Å². The number of carbonyl (C=O) groups excluding carboxylic acids is 2. The summed E-state index contributed by atoms with van der Waals surface area (Å²) in [4.78, 5) is 26.7. The summed E-state index contributed by atoms with van der Waals surface area (Å²) in [6, 6.07) is 0. The van der Waals surface area contributed by atoms with Crippen molar-refractivity contribution in [1.29, 1.82) is 0 Å². The smallest absolute Gasteiger partial charge is 0.167 e. The van der Waals surface area contributed by atoms with Crippen LogP contribution in [0.15, 0.2) is 16.9 Å². The van der Waals surface area contributed by atoms with Gasteiger partial charge in [0.25, 0.3) is 0 Å². The van der Waals surface area contributed by atoms with E-state index in [2.05, 4.69) is 4.98 Å². The lowest BCUT2D eigenvalue weighted by molar-refractivity contribution is -0.119. The van der Waals surface area contributed by atoms with E-state index in [0.717, 1.165) is 10.9 Å². The van der Waals surface area contributed by atoms with Gasteiger partial charge in [-0.05, 0) is 26.2 Å². The van der Waals surface area contributed by atoms with Crippen molar-refractivity contribution < 1.29 is 9.59 Å². The lowest BCUT2D eigenvalue weighted by Gasteiger charge is -2.01. The fourth-order valence-electron chi connectivity index (χ4n) is 1.33. The van der Waals surface area contributed by atoms with Crippen LogP contribution in [-0.2, 0) is 16.6 Å². The molecule has 5 heteroatoms. The number of thioether (sulfide) groups is 1. The first-order chi connectivity index (χ1) is 7.47. The molecule has 16 heavy (non-hydrogen) atoms. The zero-order valence-corrected chi connectivity index (χ0v) is 10.6. The van der Waals surface area contributed by atoms with Crippen LogP contribution in [0, 0.1) is 0 Å². The molecule has 0 aliphatic carbocycles. The maximum absolute atomic E-state index is 11.3. The summed E-state index contributed by atoms with van der Waals surface area (Å²) in [6.45, 7) is 2.78. The van der Waals surface area contributed by atoms with E-state index in [9.17, 15) is 9.59 Å². The van der Waals surface area contributed by atoms with Crippen molar-refractivity contribution in [3.05, 3.63) is 17.5 Å². The van der Waals surface area contributed by atoms with Crippen LogP contribution < -0.4 is 0 Å². The highest BCUT2D eigenvalue weighted by atomic mass is 32.2. The second-order valence-corrected chi connectivity index (χ2v) is 4.17. The Hall–Kier alpha value is -1.36. The highest BCUT2D eigenvalue weighted by Crippen LogP contribution is 2.16. The minimum atomic E-state index is -0.223. The fourth-order valence-corrected chi connectivity index (χ4v) is 1.87. The first kappa shape index (κ1) is 12.7. The Bertz CT molecular complexity index is 445. The molecule has 0 radical (unpaired) electrons. The Kier molecular flexibility index (Phi) is 4.06. The zero-order valence-electron chi connectivity index (χ0n) is 9.77. The highest BCUT2D eigenvalue weighted by molar-refractivity contribution is 7.98. The van der Waals surface area contributed by atoms with Crippen LogP contribution in [0.4, 0.5) is 0 Å². The molecule has 0 saturated carbocycles. The standard InChI is InChI=1S/C11H14N2O2S/c1-7(14)10(8(2)15)5-9-6-12-11(16-4)13(9)3/h5-6H,1-4H3. The van der Waals surface area contributed by atoms with Crippen molar-refractivity contribution in [1.82, 2.24) is 9.55 Å². The van der Waals surface area contributed by atoms with Gasteiger partial charge in [-0.3, -0.25) is 9.59 Å². The molecule has 0 aliphatic heterocycles. The lowest BCUT2D eigenvalue weighted by atomic mass is 10.1. The molecule has 86 valence electrons. The van der Waals surface area contributed by atoms with E-state index in [0.29, 0.717) is 0 Å². The number of hydrogen-bond acceptors (Lipinski definition) is 4. The Morgan fingerprint density at radius 3 is 2.31 bits per heavy atom. The quantitative estimate of drug-likeness (QED) is 0.347. The molecule has 0 N–H and O–H groups in total. The number of allylic oxidation sites excluding steroid dienone is 1. The third kappa shape index (κ3) is 2.61. The first-order valence-corrected chi connectivity index (χ1v) is 5.99. The van der Waals surface area contributed by atoms with Gasteiger partial charge in [0, 0.05) is 7.05 Å². The molecule has 0 amide bonds. The average Bonchev–Trinajstić information content (AvgIpc) is 2.54. The third-order valence-corrected chi connectivity index (χ3v) is 2.96. The first-order valence-electron chi connectivity index (χ1n) is 4.76. The molecule has 0 bridgehead atoms. The van der Waals surface area contributed by atoms with Crippen LogP contribution in [0.25, 0.3) is 6.08 Å². The monoisotopic (exact) mass is 238 g/mol. The summed E-state index contributed by atoms with van der Waals surface area (Å²) in [5, 5.41) is 0.845. The van der Waals surface area contributed by atoms with Crippen LogP contribution in [-0.4, -0.2) is 27.4 Å². The Labute approximate surface area is 98.7 Å². The lowest BCUT2D eigenvalue weighted by Crippen LogP contribution is -2.06. The molecular formula is C11H14N2O2S. The molecule has 0 aliphatic rings. The van der Waals surface area contributed by atoms with Gasteiger partial charge in [0.2, 0.25) is 0 Å². The van der Waals surface area contributed by atoms with Gasteiger partial charge >= 0.3 is 0 Å². The van der Waals surface area contributed by atoms with Crippen molar-refractivity contribution in [2.45, 2.75) is 19.0 Å². The Morgan fingerprint density at radius 1 is 1.38 bits per heavy atom. The topological polar surface area (TPSA) is 52.0 Å². The summed E-state index contributed by atoms with van der Waals surface area (Å²) < 4.78 is 1.84. The molecule has 0 unspecified atom stereocenters. The molecule has 4 nitrogen and oxygen atoms in total. The second-order valence-electron chi connectivity index (χ2n) is 3.40. The van der Waals surface area contributed by atoms with E-state index in [-0.39, 0.29) is 17.1 Å². The largest absolute Gasteiger partial charge is 0.323 e. The number of rotatable bonds is 4. The van der Waals surface area contributed by atoms with Gasteiger partial charge < -0.3 is 4.57 Å². The van der Waals surface area contributed by atoms with Crippen molar-refractivity contribution >= 4 is 29.4 Å². The summed E-state index contributed by atoms with van der Waals surface area (Å²) in [5.41, 5.74) is 0.959. The number of aromatic nitrogens is 2. The van der Waals surface area contributed by atoms with Crippen LogP contribution >= 0.6 is 11.8 Å². The SMILES string of the molecule is CSc1ncc(C=C(C(C)=O)C(C)=O)n1C. The fraction of sp³-hybridized carbons (Fsp3) is 0.364. The van der Waals surface area contributed by atoms with Gasteiger partial charge in [-0.25, -0.2) is 4.98 Å². The molecule has 0 spiro atoms. The summed E-state index contributed by atoms with van der Waals surface area (Å²) in [6.07, 6.45) is 5.15. The van der Waals surface area contributed by atoms with Crippen molar-refractivity contribution in [2.24, 2.45) is 7.05 Å². The predicted molar refractivity (Wildman–Crippen MR) is 64.3 cm³/mol. The summed E-state index contributed by atoms with van der Waals surface area (Å²) in [5.74, 6) is -0.446. The summed E-state index contributed by atoms with van der Waals surface area (Å²) in [7, 11) is 1.85. The van der Waals surface area contributed by atoms with Crippen molar-refractivity contribution in [2.75, 3.05) is 6.26 Å². The van der Waals surface area contributed by atoms with E-state index in [1.165, 1.54) is 25.6 Å². The molecule has 1 aromatic heterocycles. The number of imidazole rings is 1. The number of carbonyl (C=O) groups is 2. The van der Waals surface area contributed by atoms with Crippen LogP contribution in [0.2, 0.25) is 0 Å². The maximum atomic E-state index is 11.3. The minimum absolute atomic E-state index is 0.204. The predicted octanol–water partition coefficient (Wildman–Crippen LogP) is 1.70. The van der Waals surface area contributed by atoms with E-state index in [1.54, 1.807) is 12.3 Å². The second kappa shape index (κ2) is 5.12. The van der Waals surface area contributed by atoms with Crippen LogP contribution in [0.3, 0.4) is 0 Å². The van der Waals surface area contributed by atoms with E-state index < -0.39 is 0 Å². The number of nitrogens with zero attached hydrogens (tertiary/aromatic N) is 2. The molecule has 0 fully saturated rings. The van der Waals surface area contributed by atoms with E-state index >= 15 is 0 Å². The molecule has 0 aromatic carbocycles. The summed E-state index contributed by atoms with van der Waals surface area (Å²) >= 11 is 1.51. The van der Waals surface area contributed by atoms with Gasteiger partial charge in [-0.1, -0.05) is 11.8 Å². The van der Waals surface area contributed by atoms with Gasteiger partial charge in [-0.2, -0.15) is 0 Å². The average molecular weight is 238 g/mol. The van der Waals surface area contributed by atoms with Gasteiger partial charge in [0.15, 0.2) is 16.7 Å². The molecule has 0 atom stereocenters. The normalized spacial score (nSPS) is 10.0. The Balaban J connectivity index is 3.18.